The van der Waals surface area contributed by atoms with E-state index >= 15 is 0 Å². The van der Waals surface area contributed by atoms with Gasteiger partial charge in [-0.05, 0) is 43.5 Å². The fourth-order valence-electron chi connectivity index (χ4n) is 2.33. The van der Waals surface area contributed by atoms with Crippen LogP contribution in [0.5, 0.6) is 0 Å². The monoisotopic (exact) mass is 338 g/mol. The number of carboxylic acids is 1. The Bertz CT molecular complexity index is 789. The van der Waals surface area contributed by atoms with Crippen LogP contribution in [0.2, 0.25) is 0 Å². The van der Waals surface area contributed by atoms with Crippen LogP contribution in [0.25, 0.3) is 6.08 Å². The molecule has 130 valence electrons. The summed E-state index contributed by atoms with van der Waals surface area (Å²) in [4.78, 5) is 23.3. The Labute approximate surface area is 147 Å². The van der Waals surface area contributed by atoms with Crippen LogP contribution in [-0.4, -0.2) is 17.0 Å². The normalized spacial score (nSPS) is 11.5. The van der Waals surface area contributed by atoms with Gasteiger partial charge in [0.1, 0.15) is 6.61 Å². The van der Waals surface area contributed by atoms with Crippen LogP contribution in [0.4, 0.5) is 0 Å². The Morgan fingerprint density at radius 3 is 2.44 bits per heavy atom. The molecule has 1 N–H and O–H groups in total. The molecule has 0 aliphatic carbocycles. The maximum Gasteiger partial charge on any atom is 0.331 e. The highest BCUT2D eigenvalue weighted by Gasteiger charge is 2.29. The SMILES string of the molecule is Cc1cc(/C=C/C(=O)OCc2ccccc2)cc(C(C)(C)C(=O)O)c1. The van der Waals surface area contributed by atoms with E-state index in [9.17, 15) is 14.7 Å². The number of hydrogen-bond acceptors (Lipinski definition) is 3. The number of aryl methyl sites for hydroxylation is 1. The van der Waals surface area contributed by atoms with Crippen LogP contribution in [0, 0.1) is 6.92 Å². The summed E-state index contributed by atoms with van der Waals surface area (Å²) < 4.78 is 5.20. The molecule has 0 heterocycles. The zero-order chi connectivity index (χ0) is 18.4. The molecule has 0 fully saturated rings. The van der Waals surface area contributed by atoms with Crippen molar-refractivity contribution in [2.24, 2.45) is 0 Å². The minimum Gasteiger partial charge on any atom is -0.481 e. The molecule has 0 aliphatic rings. The number of carbonyl (C=O) groups is 2. The lowest BCUT2D eigenvalue weighted by molar-refractivity contribution is -0.142. The first-order chi connectivity index (χ1) is 11.8. The second kappa shape index (κ2) is 7.79. The molecule has 0 spiro atoms. The molecule has 2 aromatic rings. The van der Waals surface area contributed by atoms with E-state index in [1.54, 1.807) is 26.0 Å². The molecule has 4 heteroatoms. The third-order valence-electron chi connectivity index (χ3n) is 3.99. The lowest BCUT2D eigenvalue weighted by atomic mass is 9.83. The van der Waals surface area contributed by atoms with Gasteiger partial charge in [-0.3, -0.25) is 4.79 Å². The summed E-state index contributed by atoms with van der Waals surface area (Å²) in [7, 11) is 0. The molecule has 0 amide bonds. The number of carboxylic acid groups (broad SMARTS) is 1. The Morgan fingerprint density at radius 2 is 1.80 bits per heavy atom. The van der Waals surface area contributed by atoms with Gasteiger partial charge < -0.3 is 9.84 Å². The van der Waals surface area contributed by atoms with Gasteiger partial charge >= 0.3 is 11.9 Å². The van der Waals surface area contributed by atoms with Gasteiger partial charge in [0, 0.05) is 6.08 Å². The maximum absolute atomic E-state index is 11.9. The maximum atomic E-state index is 11.9. The molecule has 0 aromatic heterocycles. The second-order valence-corrected chi connectivity index (χ2v) is 6.49. The van der Waals surface area contributed by atoms with E-state index in [0.717, 1.165) is 16.7 Å². The zero-order valence-corrected chi connectivity index (χ0v) is 14.7. The molecule has 0 saturated heterocycles. The first-order valence-electron chi connectivity index (χ1n) is 8.03. The van der Waals surface area contributed by atoms with Crippen molar-refractivity contribution in [1.82, 2.24) is 0 Å². The average molecular weight is 338 g/mol. The quantitative estimate of drug-likeness (QED) is 0.636. The topological polar surface area (TPSA) is 63.6 Å². The highest BCUT2D eigenvalue weighted by atomic mass is 16.5. The Kier molecular flexibility index (Phi) is 5.75. The van der Waals surface area contributed by atoms with Crippen molar-refractivity contribution in [3.05, 3.63) is 76.9 Å². The van der Waals surface area contributed by atoms with Crippen LogP contribution in [0.1, 0.15) is 36.1 Å². The smallest absolute Gasteiger partial charge is 0.331 e. The third kappa shape index (κ3) is 5.05. The number of ether oxygens (including phenoxy) is 1. The van der Waals surface area contributed by atoms with E-state index in [2.05, 4.69) is 0 Å². The fraction of sp³-hybridized carbons (Fsp3) is 0.238. The predicted molar refractivity (Wildman–Crippen MR) is 97.1 cm³/mol. The van der Waals surface area contributed by atoms with Gasteiger partial charge in [0.25, 0.3) is 0 Å². The van der Waals surface area contributed by atoms with E-state index in [4.69, 9.17) is 4.74 Å². The predicted octanol–water partition coefficient (Wildman–Crippen LogP) is 4.11. The van der Waals surface area contributed by atoms with Crippen molar-refractivity contribution >= 4 is 18.0 Å². The molecule has 2 rings (SSSR count). The van der Waals surface area contributed by atoms with E-state index in [-0.39, 0.29) is 6.61 Å². The summed E-state index contributed by atoms with van der Waals surface area (Å²) in [5.41, 5.74) is 2.32. The molecular weight excluding hydrogens is 316 g/mol. The first kappa shape index (κ1) is 18.5. The van der Waals surface area contributed by atoms with Crippen molar-refractivity contribution in [3.63, 3.8) is 0 Å². The van der Waals surface area contributed by atoms with E-state index in [0.29, 0.717) is 5.56 Å². The molecule has 2 aromatic carbocycles. The van der Waals surface area contributed by atoms with Crippen molar-refractivity contribution in [2.45, 2.75) is 32.8 Å². The van der Waals surface area contributed by atoms with Crippen molar-refractivity contribution in [3.8, 4) is 0 Å². The molecule has 0 radical (unpaired) electrons. The molecule has 0 bridgehead atoms. The third-order valence-corrected chi connectivity index (χ3v) is 3.99. The molecule has 0 unspecified atom stereocenters. The van der Waals surface area contributed by atoms with Crippen LogP contribution in [0.3, 0.4) is 0 Å². The second-order valence-electron chi connectivity index (χ2n) is 6.49. The van der Waals surface area contributed by atoms with Crippen molar-refractivity contribution < 1.29 is 19.4 Å². The Morgan fingerprint density at radius 1 is 1.12 bits per heavy atom. The van der Waals surface area contributed by atoms with Crippen LogP contribution < -0.4 is 0 Å². The number of hydrogen-bond donors (Lipinski definition) is 1. The van der Waals surface area contributed by atoms with Gasteiger partial charge in [0.05, 0.1) is 5.41 Å². The van der Waals surface area contributed by atoms with Gasteiger partial charge in [-0.1, -0.05) is 54.1 Å². The lowest BCUT2D eigenvalue weighted by Crippen LogP contribution is -2.28. The number of benzene rings is 2. The Balaban J connectivity index is 2.09. The molecule has 0 aliphatic heterocycles. The molecule has 0 saturated carbocycles. The van der Waals surface area contributed by atoms with E-state index < -0.39 is 17.4 Å². The molecule has 4 nitrogen and oxygen atoms in total. The van der Waals surface area contributed by atoms with Gasteiger partial charge in [-0.2, -0.15) is 0 Å². The molecular formula is C21H22O4. The summed E-state index contributed by atoms with van der Waals surface area (Å²) in [5, 5.41) is 9.38. The number of aliphatic carboxylic acids is 1. The van der Waals surface area contributed by atoms with Crippen molar-refractivity contribution in [1.29, 1.82) is 0 Å². The fourth-order valence-corrected chi connectivity index (χ4v) is 2.33. The summed E-state index contributed by atoms with van der Waals surface area (Å²) >= 11 is 0. The summed E-state index contributed by atoms with van der Waals surface area (Å²) in [6, 6.07) is 15.0. The summed E-state index contributed by atoms with van der Waals surface area (Å²) in [5.74, 6) is -1.33. The lowest BCUT2D eigenvalue weighted by Gasteiger charge is -2.20. The van der Waals surface area contributed by atoms with Gasteiger partial charge in [0.15, 0.2) is 0 Å². The van der Waals surface area contributed by atoms with E-state index in [1.165, 1.54) is 6.08 Å². The summed E-state index contributed by atoms with van der Waals surface area (Å²) in [6.07, 6.45) is 3.00. The van der Waals surface area contributed by atoms with Gasteiger partial charge in [0.2, 0.25) is 0 Å². The van der Waals surface area contributed by atoms with Crippen LogP contribution >= 0.6 is 0 Å². The zero-order valence-electron chi connectivity index (χ0n) is 14.7. The number of esters is 1. The number of rotatable bonds is 6. The molecule has 0 atom stereocenters. The largest absolute Gasteiger partial charge is 0.481 e. The van der Waals surface area contributed by atoms with Gasteiger partial charge in [-0.25, -0.2) is 4.79 Å². The Hall–Kier alpha value is -2.88. The van der Waals surface area contributed by atoms with E-state index in [1.807, 2.05) is 49.4 Å². The van der Waals surface area contributed by atoms with Crippen molar-refractivity contribution in [2.75, 3.05) is 0 Å². The minimum atomic E-state index is -0.998. The van der Waals surface area contributed by atoms with Crippen LogP contribution in [-0.2, 0) is 26.3 Å². The molecule has 25 heavy (non-hydrogen) atoms. The first-order valence-corrected chi connectivity index (χ1v) is 8.03. The summed E-state index contributed by atoms with van der Waals surface area (Å²) in [6.45, 7) is 5.43. The standard InChI is InChI=1S/C21H22O4/c1-15-11-17(13-18(12-15)21(2,3)20(23)24)9-10-19(22)25-14-16-7-5-4-6-8-16/h4-13H,14H2,1-3H3,(H,23,24)/b10-9+. The average Bonchev–Trinajstić information content (AvgIpc) is 2.58. The highest BCUT2D eigenvalue weighted by Crippen LogP contribution is 2.26. The number of carbonyl (C=O) groups excluding carboxylic acids is 1. The van der Waals surface area contributed by atoms with Crippen LogP contribution in [0.15, 0.2) is 54.6 Å². The highest BCUT2D eigenvalue weighted by molar-refractivity contribution is 5.87. The minimum absolute atomic E-state index is 0.217. The van der Waals surface area contributed by atoms with Gasteiger partial charge in [-0.15, -0.1) is 0 Å².